The van der Waals surface area contributed by atoms with Gasteiger partial charge >= 0.3 is 0 Å². The first-order valence-corrected chi connectivity index (χ1v) is 21.7. The maximum atomic E-state index is 6.68. The first-order valence-electron chi connectivity index (χ1n) is 21.7. The quantitative estimate of drug-likeness (QED) is 0.167. The minimum absolute atomic E-state index is 0.563. The number of hydrogen-bond donors (Lipinski definition) is 0. The molecular formula is C60H39NO2. The molecule has 1 aliphatic carbocycles. The molecule has 296 valence electrons. The molecule has 0 N–H and O–H groups in total. The van der Waals surface area contributed by atoms with E-state index in [0.717, 1.165) is 67.1 Å². The van der Waals surface area contributed by atoms with E-state index >= 15 is 0 Å². The molecule has 0 atom stereocenters. The van der Waals surface area contributed by atoms with Gasteiger partial charge < -0.3 is 14.1 Å². The molecule has 1 aliphatic heterocycles. The third kappa shape index (κ3) is 5.39. The van der Waals surface area contributed by atoms with Crippen LogP contribution >= 0.6 is 0 Å². The van der Waals surface area contributed by atoms with Crippen LogP contribution in [0.4, 0.5) is 11.4 Å². The normalized spacial score (nSPS) is 13.1. The summed E-state index contributed by atoms with van der Waals surface area (Å²) in [5.41, 5.74) is 16.9. The summed E-state index contributed by atoms with van der Waals surface area (Å²) in [6.07, 6.45) is 0. The van der Waals surface area contributed by atoms with Crippen LogP contribution in [0, 0.1) is 0 Å². The number of anilines is 2. The zero-order chi connectivity index (χ0) is 41.5. The molecule has 3 heteroatoms. The second-order valence-electron chi connectivity index (χ2n) is 16.7. The maximum absolute atomic E-state index is 6.68. The molecule has 0 saturated heterocycles. The molecule has 0 unspecified atom stereocenters. The molecule has 3 nitrogen and oxygen atoms in total. The number of rotatable bonds is 6. The van der Waals surface area contributed by atoms with Crippen molar-refractivity contribution in [2.24, 2.45) is 0 Å². The van der Waals surface area contributed by atoms with Crippen molar-refractivity contribution in [2.45, 2.75) is 12.0 Å². The molecule has 11 aromatic rings. The molecule has 2 heterocycles. The molecular weight excluding hydrogens is 767 g/mol. The molecule has 0 amide bonds. The average Bonchev–Trinajstić information content (AvgIpc) is 3.87. The Kier molecular flexibility index (Phi) is 7.88. The van der Waals surface area contributed by atoms with Gasteiger partial charge in [-0.3, -0.25) is 0 Å². The van der Waals surface area contributed by atoms with Crippen molar-refractivity contribution in [1.82, 2.24) is 0 Å². The molecule has 2 aliphatic rings. The van der Waals surface area contributed by atoms with E-state index in [-0.39, 0.29) is 0 Å². The van der Waals surface area contributed by atoms with Gasteiger partial charge in [0.25, 0.3) is 0 Å². The molecule has 13 rings (SSSR count). The van der Waals surface area contributed by atoms with Gasteiger partial charge in [-0.15, -0.1) is 0 Å². The number of furan rings is 1. The predicted octanol–water partition coefficient (Wildman–Crippen LogP) is 15.9. The van der Waals surface area contributed by atoms with Gasteiger partial charge in [0, 0.05) is 39.8 Å². The fourth-order valence-corrected chi connectivity index (χ4v) is 10.6. The van der Waals surface area contributed by atoms with Crippen molar-refractivity contribution in [3.63, 3.8) is 0 Å². The molecule has 63 heavy (non-hydrogen) atoms. The average molecular weight is 806 g/mol. The lowest BCUT2D eigenvalue weighted by Crippen LogP contribution is -2.32. The Hall–Kier alpha value is -8.14. The summed E-state index contributed by atoms with van der Waals surface area (Å²) in [4.78, 5) is 2.49. The summed E-state index contributed by atoms with van der Waals surface area (Å²) >= 11 is 0. The van der Waals surface area contributed by atoms with Gasteiger partial charge in [0.05, 0.1) is 5.41 Å². The lowest BCUT2D eigenvalue weighted by atomic mass is 9.66. The second-order valence-corrected chi connectivity index (χ2v) is 16.7. The van der Waals surface area contributed by atoms with Crippen molar-refractivity contribution in [2.75, 3.05) is 4.90 Å². The highest BCUT2D eigenvalue weighted by atomic mass is 16.5. The van der Waals surface area contributed by atoms with E-state index in [9.17, 15) is 0 Å². The Labute approximate surface area is 365 Å². The number of ether oxygens (including phenoxy) is 1. The highest BCUT2D eigenvalue weighted by Gasteiger charge is 2.51. The van der Waals surface area contributed by atoms with Crippen LogP contribution in [0.3, 0.4) is 0 Å². The van der Waals surface area contributed by atoms with E-state index in [1.165, 1.54) is 49.7 Å². The van der Waals surface area contributed by atoms with Crippen LogP contribution in [0.5, 0.6) is 11.5 Å². The van der Waals surface area contributed by atoms with E-state index in [2.05, 4.69) is 217 Å². The summed E-state index contributed by atoms with van der Waals surface area (Å²) in [5.74, 6) is 1.79. The minimum Gasteiger partial charge on any atom is -0.457 e. The van der Waals surface area contributed by atoms with Crippen molar-refractivity contribution in [1.29, 1.82) is 0 Å². The van der Waals surface area contributed by atoms with Crippen LogP contribution in [0.1, 0.15) is 27.8 Å². The van der Waals surface area contributed by atoms with Gasteiger partial charge in [0.2, 0.25) is 0 Å². The van der Waals surface area contributed by atoms with E-state index in [1.54, 1.807) is 0 Å². The van der Waals surface area contributed by atoms with Gasteiger partial charge in [0.15, 0.2) is 0 Å². The Morgan fingerprint density at radius 1 is 0.381 bits per heavy atom. The Morgan fingerprint density at radius 3 is 1.84 bits per heavy atom. The van der Waals surface area contributed by atoms with Crippen molar-refractivity contribution in [3.8, 4) is 44.9 Å². The summed E-state index contributed by atoms with van der Waals surface area (Å²) in [5, 5.41) is 4.74. The van der Waals surface area contributed by atoms with Gasteiger partial charge in [-0.25, -0.2) is 0 Å². The summed E-state index contributed by atoms with van der Waals surface area (Å²) < 4.78 is 12.9. The summed E-state index contributed by atoms with van der Waals surface area (Å²) in [6.45, 7) is 0.670. The number of nitrogens with zero attached hydrogens (tertiary/aromatic N) is 1. The van der Waals surface area contributed by atoms with Crippen LogP contribution in [0.15, 0.2) is 229 Å². The van der Waals surface area contributed by atoms with Crippen LogP contribution < -0.4 is 9.64 Å². The lowest BCUT2D eigenvalue weighted by Gasteiger charge is -2.39. The summed E-state index contributed by atoms with van der Waals surface area (Å²) in [7, 11) is 0. The number of para-hydroxylation sites is 3. The van der Waals surface area contributed by atoms with Gasteiger partial charge in [0.1, 0.15) is 22.7 Å². The van der Waals surface area contributed by atoms with Crippen LogP contribution in [-0.4, -0.2) is 0 Å². The molecule has 0 radical (unpaired) electrons. The molecule has 10 aromatic carbocycles. The van der Waals surface area contributed by atoms with Gasteiger partial charge in [-0.1, -0.05) is 170 Å². The zero-order valence-electron chi connectivity index (χ0n) is 34.3. The Bertz CT molecular complexity index is 3540. The first-order chi connectivity index (χ1) is 31.2. The topological polar surface area (TPSA) is 25.6 Å². The SMILES string of the molecule is c1ccc(-c2ccccc2CN(c2ccc(-c3ccc4oc5ccccc5c4c3)cc2)c2ccc3c(c2)-c2c(ccc4ccccc24)C32c3ccccc3Oc3ccccc32)cc1. The largest absolute Gasteiger partial charge is 0.457 e. The molecule has 0 bridgehead atoms. The number of hydrogen-bond acceptors (Lipinski definition) is 3. The van der Waals surface area contributed by atoms with Crippen molar-refractivity contribution in [3.05, 3.63) is 252 Å². The van der Waals surface area contributed by atoms with Gasteiger partial charge in [-0.2, -0.15) is 0 Å². The van der Waals surface area contributed by atoms with E-state index < -0.39 is 5.41 Å². The molecule has 0 saturated carbocycles. The third-order valence-electron chi connectivity index (χ3n) is 13.4. The summed E-state index contributed by atoms with van der Waals surface area (Å²) in [6, 6.07) is 81.3. The molecule has 0 fully saturated rings. The lowest BCUT2D eigenvalue weighted by molar-refractivity contribution is 0.436. The van der Waals surface area contributed by atoms with Crippen molar-refractivity contribution < 1.29 is 9.15 Å². The molecule has 1 spiro atoms. The standard InChI is InChI=1S/C60H39NO2/c1-2-14-40(15-3-1)46-18-6-5-17-43(46)38-61(44-30-26-39(27-31-44)42-29-35-56-49(36-42)48-20-8-11-23-55(48)62-56)45-32-34-51-50(37-45)59-47-19-7-4-16-41(47)28-33-54(59)60(51)52-21-9-12-24-57(52)63-58-25-13-10-22-53(58)60/h1-37H,38H2. The van der Waals surface area contributed by atoms with Crippen LogP contribution in [-0.2, 0) is 12.0 Å². The van der Waals surface area contributed by atoms with Gasteiger partial charge in [-0.05, 0) is 115 Å². The minimum atomic E-state index is -0.563. The fourth-order valence-electron chi connectivity index (χ4n) is 10.6. The fraction of sp³-hybridized carbons (Fsp3) is 0.0333. The molecule has 1 aromatic heterocycles. The van der Waals surface area contributed by atoms with E-state index in [4.69, 9.17) is 9.15 Å². The van der Waals surface area contributed by atoms with Crippen LogP contribution in [0.2, 0.25) is 0 Å². The Balaban J connectivity index is 1.01. The van der Waals surface area contributed by atoms with E-state index in [0.29, 0.717) is 6.54 Å². The maximum Gasteiger partial charge on any atom is 0.135 e. The van der Waals surface area contributed by atoms with Crippen LogP contribution in [0.25, 0.3) is 66.1 Å². The number of benzene rings is 10. The third-order valence-corrected chi connectivity index (χ3v) is 13.4. The smallest absolute Gasteiger partial charge is 0.135 e. The monoisotopic (exact) mass is 805 g/mol. The highest BCUT2D eigenvalue weighted by Crippen LogP contribution is 2.63. The first kappa shape index (κ1) is 35.6. The van der Waals surface area contributed by atoms with E-state index in [1.807, 2.05) is 12.1 Å². The number of fused-ring (bicyclic) bond motifs is 14. The highest BCUT2D eigenvalue weighted by molar-refractivity contribution is 6.07. The predicted molar refractivity (Wildman–Crippen MR) is 258 cm³/mol. The Morgan fingerprint density at radius 2 is 1.02 bits per heavy atom. The van der Waals surface area contributed by atoms with Crippen molar-refractivity contribution >= 4 is 44.1 Å². The second kappa shape index (κ2) is 14.0. The zero-order valence-corrected chi connectivity index (χ0v) is 34.3.